The van der Waals surface area contributed by atoms with E-state index in [9.17, 15) is 9.59 Å². The molecule has 160 valence electrons. The number of carbonyl (C=O) groups is 2. The molecular weight excluding hydrogens is 394 g/mol. The average Bonchev–Trinajstić information content (AvgIpc) is 3.49. The van der Waals surface area contributed by atoms with Crippen LogP contribution in [0.25, 0.3) is 5.57 Å². The zero-order valence-electron chi connectivity index (χ0n) is 17.3. The lowest BCUT2D eigenvalue weighted by Gasteiger charge is -2.28. The molecule has 3 aliphatic heterocycles. The Labute approximate surface area is 180 Å². The molecule has 3 aliphatic rings. The summed E-state index contributed by atoms with van der Waals surface area (Å²) in [5.74, 6) is 0.0960. The van der Waals surface area contributed by atoms with E-state index in [-0.39, 0.29) is 18.0 Å². The van der Waals surface area contributed by atoms with Crippen molar-refractivity contribution >= 4 is 23.2 Å². The fourth-order valence-corrected chi connectivity index (χ4v) is 4.30. The van der Waals surface area contributed by atoms with Crippen molar-refractivity contribution in [2.75, 3.05) is 25.0 Å². The van der Waals surface area contributed by atoms with Gasteiger partial charge in [0.1, 0.15) is 6.10 Å². The van der Waals surface area contributed by atoms with E-state index in [1.165, 1.54) is 0 Å². The molecule has 1 fully saturated rings. The van der Waals surface area contributed by atoms with Gasteiger partial charge in [0, 0.05) is 45.2 Å². The fourth-order valence-electron chi connectivity index (χ4n) is 4.30. The van der Waals surface area contributed by atoms with Crippen molar-refractivity contribution in [3.05, 3.63) is 59.7 Å². The Kier molecular flexibility index (Phi) is 5.38. The van der Waals surface area contributed by atoms with Crippen LogP contribution in [0.15, 0.2) is 42.9 Å². The third kappa shape index (κ3) is 4.16. The first kappa shape index (κ1) is 19.7. The maximum Gasteiger partial charge on any atom is 0.322 e. The standard InChI is InChI=1S/C23H25N5O3/c29-22(21-2-1-11-31-21)27-9-6-16(7-10-27)20-4-3-19(13-25-20)26-23(30)28-14-17-5-8-24-12-18(17)15-28/h3-6,8,12-13,21H,1-2,7,9-11,14-15H2,(H,26,30). The molecule has 0 spiro atoms. The lowest BCUT2D eigenvalue weighted by molar-refractivity contribution is -0.140. The van der Waals surface area contributed by atoms with Crippen LogP contribution in [-0.4, -0.2) is 57.5 Å². The van der Waals surface area contributed by atoms with Crippen molar-refractivity contribution < 1.29 is 14.3 Å². The van der Waals surface area contributed by atoms with Crippen LogP contribution in [0.5, 0.6) is 0 Å². The first-order chi connectivity index (χ1) is 15.2. The van der Waals surface area contributed by atoms with E-state index in [0.717, 1.165) is 41.7 Å². The van der Waals surface area contributed by atoms with Crippen LogP contribution >= 0.6 is 0 Å². The number of amides is 3. The molecule has 8 heteroatoms. The number of pyridine rings is 2. The number of nitrogens with one attached hydrogen (secondary N) is 1. The van der Waals surface area contributed by atoms with Crippen LogP contribution in [0.3, 0.4) is 0 Å². The second kappa shape index (κ2) is 8.47. The zero-order chi connectivity index (χ0) is 21.2. The van der Waals surface area contributed by atoms with Crippen molar-refractivity contribution in [1.29, 1.82) is 0 Å². The minimum absolute atomic E-state index is 0.0960. The average molecular weight is 419 g/mol. The molecule has 0 radical (unpaired) electrons. The highest BCUT2D eigenvalue weighted by atomic mass is 16.5. The number of fused-ring (bicyclic) bond motifs is 1. The largest absolute Gasteiger partial charge is 0.368 e. The minimum Gasteiger partial charge on any atom is -0.368 e. The summed E-state index contributed by atoms with van der Waals surface area (Å²) < 4.78 is 5.51. The zero-order valence-corrected chi connectivity index (χ0v) is 17.3. The van der Waals surface area contributed by atoms with Gasteiger partial charge in [0.15, 0.2) is 0 Å². The molecule has 1 atom stereocenters. The first-order valence-corrected chi connectivity index (χ1v) is 10.7. The number of rotatable bonds is 3. The number of urea groups is 1. The van der Waals surface area contributed by atoms with Crippen LogP contribution in [0.1, 0.15) is 36.1 Å². The number of ether oxygens (including phenoxy) is 1. The number of carbonyl (C=O) groups excluding carboxylic acids is 2. The van der Waals surface area contributed by atoms with Gasteiger partial charge in [0.25, 0.3) is 5.91 Å². The Bertz CT molecular complexity index is 989. The van der Waals surface area contributed by atoms with Crippen LogP contribution in [0, 0.1) is 0 Å². The maximum absolute atomic E-state index is 12.6. The smallest absolute Gasteiger partial charge is 0.322 e. The molecule has 2 aromatic heterocycles. The molecule has 0 aliphatic carbocycles. The molecule has 31 heavy (non-hydrogen) atoms. The summed E-state index contributed by atoms with van der Waals surface area (Å²) in [6, 6.07) is 5.59. The first-order valence-electron chi connectivity index (χ1n) is 10.7. The summed E-state index contributed by atoms with van der Waals surface area (Å²) in [5, 5.41) is 2.92. The topological polar surface area (TPSA) is 87.7 Å². The highest BCUT2D eigenvalue weighted by Gasteiger charge is 2.29. The summed E-state index contributed by atoms with van der Waals surface area (Å²) in [5.41, 5.74) is 4.88. The molecule has 0 bridgehead atoms. The lowest BCUT2D eigenvalue weighted by atomic mass is 10.0. The van der Waals surface area contributed by atoms with Gasteiger partial charge in [0.05, 0.1) is 17.6 Å². The highest BCUT2D eigenvalue weighted by Crippen LogP contribution is 2.25. The van der Waals surface area contributed by atoms with Gasteiger partial charge >= 0.3 is 6.03 Å². The summed E-state index contributed by atoms with van der Waals surface area (Å²) in [6.45, 7) is 3.09. The Morgan fingerprint density at radius 3 is 2.71 bits per heavy atom. The summed E-state index contributed by atoms with van der Waals surface area (Å²) >= 11 is 0. The van der Waals surface area contributed by atoms with Gasteiger partial charge in [-0.05, 0) is 54.2 Å². The van der Waals surface area contributed by atoms with E-state index < -0.39 is 0 Å². The normalized spacial score (nSPS) is 20.4. The van der Waals surface area contributed by atoms with Crippen molar-refractivity contribution in [1.82, 2.24) is 19.8 Å². The van der Waals surface area contributed by atoms with Crippen molar-refractivity contribution in [3.8, 4) is 0 Å². The van der Waals surface area contributed by atoms with Crippen molar-refractivity contribution in [2.24, 2.45) is 0 Å². The van der Waals surface area contributed by atoms with Crippen molar-refractivity contribution in [2.45, 2.75) is 38.5 Å². The van der Waals surface area contributed by atoms with Gasteiger partial charge in [-0.25, -0.2) is 4.79 Å². The molecule has 8 nitrogen and oxygen atoms in total. The molecule has 3 amide bonds. The van der Waals surface area contributed by atoms with E-state index in [4.69, 9.17) is 4.74 Å². The van der Waals surface area contributed by atoms with Gasteiger partial charge in [-0.15, -0.1) is 0 Å². The fraction of sp³-hybridized carbons (Fsp3) is 0.391. The molecule has 1 N–H and O–H groups in total. The molecule has 2 aromatic rings. The predicted molar refractivity (Wildman–Crippen MR) is 115 cm³/mol. The third-order valence-electron chi connectivity index (χ3n) is 6.08. The molecule has 0 saturated carbocycles. The Morgan fingerprint density at radius 2 is 2.00 bits per heavy atom. The van der Waals surface area contributed by atoms with Crippen LogP contribution in [0.4, 0.5) is 10.5 Å². The third-order valence-corrected chi connectivity index (χ3v) is 6.08. The van der Waals surface area contributed by atoms with E-state index in [1.54, 1.807) is 17.3 Å². The predicted octanol–water partition coefficient (Wildman–Crippen LogP) is 2.82. The molecule has 1 unspecified atom stereocenters. The second-order valence-corrected chi connectivity index (χ2v) is 8.13. The van der Waals surface area contributed by atoms with Gasteiger partial charge in [0.2, 0.25) is 0 Å². The summed E-state index contributed by atoms with van der Waals surface area (Å²) in [4.78, 5) is 37.3. The van der Waals surface area contributed by atoms with Gasteiger partial charge in [-0.3, -0.25) is 14.8 Å². The molecule has 1 saturated heterocycles. The highest BCUT2D eigenvalue weighted by molar-refractivity contribution is 5.89. The molecular formula is C23H25N5O3. The Balaban J connectivity index is 1.17. The SMILES string of the molecule is O=C(Nc1ccc(C2=CCN(C(=O)C3CCCO3)CC2)nc1)N1Cc2ccncc2C1. The maximum atomic E-state index is 12.6. The van der Waals surface area contributed by atoms with E-state index in [2.05, 4.69) is 21.4 Å². The van der Waals surface area contributed by atoms with Crippen molar-refractivity contribution in [3.63, 3.8) is 0 Å². The number of anilines is 1. The number of hydrogen-bond donors (Lipinski definition) is 1. The van der Waals surface area contributed by atoms with Gasteiger partial charge in [-0.1, -0.05) is 6.08 Å². The summed E-state index contributed by atoms with van der Waals surface area (Å²) in [7, 11) is 0. The van der Waals surface area contributed by atoms with Crippen LogP contribution in [-0.2, 0) is 22.6 Å². The monoisotopic (exact) mass is 419 g/mol. The molecule has 0 aromatic carbocycles. The van der Waals surface area contributed by atoms with Gasteiger partial charge < -0.3 is 19.9 Å². The van der Waals surface area contributed by atoms with Gasteiger partial charge in [-0.2, -0.15) is 0 Å². The number of aromatic nitrogens is 2. The van der Waals surface area contributed by atoms with E-state index >= 15 is 0 Å². The van der Waals surface area contributed by atoms with Crippen LogP contribution < -0.4 is 5.32 Å². The molecule has 5 heterocycles. The van der Waals surface area contributed by atoms with E-state index in [0.29, 0.717) is 38.5 Å². The number of nitrogens with zero attached hydrogens (tertiary/aromatic N) is 4. The second-order valence-electron chi connectivity index (χ2n) is 8.13. The van der Waals surface area contributed by atoms with E-state index in [1.807, 2.05) is 29.3 Å². The Morgan fingerprint density at radius 1 is 1.10 bits per heavy atom. The minimum atomic E-state index is -0.268. The quantitative estimate of drug-likeness (QED) is 0.827. The molecule has 5 rings (SSSR count). The number of hydrogen-bond acceptors (Lipinski definition) is 5. The Hall–Kier alpha value is -3.26. The summed E-state index contributed by atoms with van der Waals surface area (Å²) in [6.07, 6.45) is 9.58. The lowest BCUT2D eigenvalue weighted by Crippen LogP contribution is -2.41. The van der Waals surface area contributed by atoms with Crippen LogP contribution in [0.2, 0.25) is 0 Å².